The van der Waals surface area contributed by atoms with Crippen LogP contribution in [0.2, 0.25) is 0 Å². The predicted molar refractivity (Wildman–Crippen MR) is 110 cm³/mol. The third-order valence-corrected chi connectivity index (χ3v) is 6.88. The van der Waals surface area contributed by atoms with Crippen molar-refractivity contribution < 1.29 is 13.9 Å². The molecule has 2 saturated carbocycles. The summed E-state index contributed by atoms with van der Waals surface area (Å²) in [5, 5.41) is 8.64. The molecule has 3 heterocycles. The van der Waals surface area contributed by atoms with E-state index < -0.39 is 0 Å². The molecular weight excluding hydrogens is 385 g/mol. The Bertz CT molecular complexity index is 886. The van der Waals surface area contributed by atoms with Gasteiger partial charge < -0.3 is 14.4 Å². The second-order valence-corrected chi connectivity index (χ2v) is 9.17. The molecule has 1 aliphatic heterocycles. The number of aryl methyl sites for hydroxylation is 1. The number of hydrogen-bond donors (Lipinski definition) is 0. The van der Waals surface area contributed by atoms with E-state index in [-0.39, 0.29) is 18.0 Å². The molecule has 1 saturated heterocycles. The van der Waals surface area contributed by atoms with Gasteiger partial charge in [0.2, 0.25) is 0 Å². The molecule has 2 aromatic heterocycles. The number of fused-ring (bicyclic) bond motifs is 1. The van der Waals surface area contributed by atoms with Crippen molar-refractivity contribution in [2.75, 3.05) is 31.7 Å². The van der Waals surface area contributed by atoms with Crippen molar-refractivity contribution in [3.05, 3.63) is 35.5 Å². The number of methoxy groups -OCH3 is 1. The summed E-state index contributed by atoms with van der Waals surface area (Å²) in [5.74, 6) is 1.95. The Kier molecular flexibility index (Phi) is 5.45. The molecule has 7 nitrogen and oxygen atoms in total. The van der Waals surface area contributed by atoms with Crippen LogP contribution in [0.5, 0.6) is 0 Å². The van der Waals surface area contributed by atoms with Gasteiger partial charge in [0, 0.05) is 33.0 Å². The van der Waals surface area contributed by atoms with Crippen LogP contribution in [0.25, 0.3) is 0 Å². The zero-order chi connectivity index (χ0) is 20.7. The molecular formula is C22H30FN5O2. The summed E-state index contributed by atoms with van der Waals surface area (Å²) in [7, 11) is 1.66. The van der Waals surface area contributed by atoms with Crippen LogP contribution in [0.3, 0.4) is 0 Å². The average molecular weight is 416 g/mol. The lowest BCUT2D eigenvalue weighted by molar-refractivity contribution is -0.0375. The van der Waals surface area contributed by atoms with Gasteiger partial charge in [-0.05, 0) is 62.0 Å². The van der Waals surface area contributed by atoms with Gasteiger partial charge in [-0.25, -0.2) is 14.1 Å². The van der Waals surface area contributed by atoms with Gasteiger partial charge in [0.05, 0.1) is 24.9 Å². The van der Waals surface area contributed by atoms with Gasteiger partial charge in [0.1, 0.15) is 5.69 Å². The van der Waals surface area contributed by atoms with Crippen molar-refractivity contribution in [2.45, 2.75) is 51.4 Å². The number of pyridine rings is 1. The lowest BCUT2D eigenvalue weighted by atomic mass is 9.77. The Morgan fingerprint density at radius 1 is 1.20 bits per heavy atom. The molecule has 0 bridgehead atoms. The number of halogens is 1. The van der Waals surface area contributed by atoms with Gasteiger partial charge >= 0.3 is 0 Å². The molecule has 0 aromatic carbocycles. The van der Waals surface area contributed by atoms with E-state index in [1.165, 1.54) is 12.8 Å². The van der Waals surface area contributed by atoms with E-state index >= 15 is 0 Å². The van der Waals surface area contributed by atoms with E-state index in [0.717, 1.165) is 38.2 Å². The fourth-order valence-corrected chi connectivity index (χ4v) is 5.00. The Morgan fingerprint density at radius 2 is 2.00 bits per heavy atom. The highest BCUT2D eigenvalue weighted by Crippen LogP contribution is 2.44. The van der Waals surface area contributed by atoms with Crippen molar-refractivity contribution >= 4 is 5.82 Å². The van der Waals surface area contributed by atoms with E-state index in [1.807, 2.05) is 10.9 Å². The second-order valence-electron chi connectivity index (χ2n) is 9.17. The molecule has 5 rings (SSSR count). The summed E-state index contributed by atoms with van der Waals surface area (Å²) < 4.78 is 28.3. The molecule has 0 radical (unpaired) electrons. The molecule has 2 aliphatic carbocycles. The van der Waals surface area contributed by atoms with Crippen molar-refractivity contribution in [3.8, 4) is 0 Å². The highest BCUT2D eigenvalue weighted by Gasteiger charge is 2.45. The summed E-state index contributed by atoms with van der Waals surface area (Å²) in [6.07, 6.45) is 8.27. The molecule has 8 heteroatoms. The monoisotopic (exact) mass is 415 g/mol. The van der Waals surface area contributed by atoms with Gasteiger partial charge in [0.15, 0.2) is 11.6 Å². The maximum Gasteiger partial charge on any atom is 0.168 e. The Morgan fingerprint density at radius 3 is 2.77 bits per heavy atom. The van der Waals surface area contributed by atoms with Crippen LogP contribution in [0.4, 0.5) is 10.2 Å². The van der Waals surface area contributed by atoms with E-state index in [4.69, 9.17) is 9.47 Å². The van der Waals surface area contributed by atoms with E-state index in [2.05, 4.69) is 20.2 Å². The summed E-state index contributed by atoms with van der Waals surface area (Å²) in [5.41, 5.74) is 1.48. The van der Waals surface area contributed by atoms with Crippen molar-refractivity contribution in [3.63, 3.8) is 0 Å². The van der Waals surface area contributed by atoms with Gasteiger partial charge in [0.25, 0.3) is 0 Å². The maximum atomic E-state index is 14.7. The van der Waals surface area contributed by atoms with E-state index in [0.29, 0.717) is 35.7 Å². The number of hydrogen-bond acceptors (Lipinski definition) is 6. The van der Waals surface area contributed by atoms with Crippen LogP contribution >= 0.6 is 0 Å². The molecule has 0 spiro atoms. The second kappa shape index (κ2) is 8.23. The first-order chi connectivity index (χ1) is 14.6. The zero-order valence-corrected chi connectivity index (χ0v) is 17.7. The van der Waals surface area contributed by atoms with Crippen LogP contribution in [-0.4, -0.2) is 52.9 Å². The number of ether oxygens (including phenoxy) is 2. The first-order valence-electron chi connectivity index (χ1n) is 11.0. The molecule has 4 atom stereocenters. The molecule has 0 amide bonds. The summed E-state index contributed by atoms with van der Waals surface area (Å²) >= 11 is 0. The van der Waals surface area contributed by atoms with Crippen molar-refractivity contribution in [2.24, 2.45) is 17.8 Å². The summed E-state index contributed by atoms with van der Waals surface area (Å²) in [4.78, 5) is 6.47. The lowest BCUT2D eigenvalue weighted by Gasteiger charge is -2.37. The topological polar surface area (TPSA) is 65.3 Å². The SMILES string of the molecule is COCc1cn([C@@H]2C[C@@H]3CN(c4nccc(C)c4F)C[C@@H]3C[C@H]2OCC2CC2)nn1. The number of rotatable bonds is 7. The Balaban J connectivity index is 1.35. The molecule has 0 unspecified atom stereocenters. The van der Waals surface area contributed by atoms with Crippen molar-refractivity contribution in [1.29, 1.82) is 0 Å². The van der Waals surface area contributed by atoms with Gasteiger partial charge in [-0.2, -0.15) is 0 Å². The molecule has 2 aromatic rings. The molecule has 3 aliphatic rings. The third kappa shape index (κ3) is 3.95. The molecule has 30 heavy (non-hydrogen) atoms. The highest BCUT2D eigenvalue weighted by molar-refractivity contribution is 5.44. The first kappa shape index (κ1) is 19.9. The lowest BCUT2D eigenvalue weighted by Crippen LogP contribution is -2.38. The maximum absolute atomic E-state index is 14.7. The predicted octanol–water partition coefficient (Wildman–Crippen LogP) is 3.15. The molecule has 0 N–H and O–H groups in total. The van der Waals surface area contributed by atoms with Crippen LogP contribution in [-0.2, 0) is 16.1 Å². The normalized spacial score (nSPS) is 28.7. The van der Waals surface area contributed by atoms with Crippen LogP contribution in [0, 0.1) is 30.5 Å². The minimum atomic E-state index is -0.199. The van der Waals surface area contributed by atoms with Crippen LogP contribution in [0.15, 0.2) is 18.5 Å². The fraction of sp³-hybridized carbons (Fsp3) is 0.682. The number of anilines is 1. The molecule has 3 fully saturated rings. The van der Waals surface area contributed by atoms with Gasteiger partial charge in [-0.3, -0.25) is 0 Å². The van der Waals surface area contributed by atoms with Crippen molar-refractivity contribution in [1.82, 2.24) is 20.0 Å². The van der Waals surface area contributed by atoms with E-state index in [1.54, 1.807) is 26.3 Å². The Hall–Kier alpha value is -2.06. The van der Waals surface area contributed by atoms with Crippen LogP contribution in [0.1, 0.15) is 43.0 Å². The largest absolute Gasteiger partial charge is 0.378 e. The zero-order valence-electron chi connectivity index (χ0n) is 17.7. The van der Waals surface area contributed by atoms with E-state index in [9.17, 15) is 4.39 Å². The van der Waals surface area contributed by atoms with Gasteiger partial charge in [-0.1, -0.05) is 5.21 Å². The third-order valence-electron chi connectivity index (χ3n) is 6.88. The molecule has 162 valence electrons. The first-order valence-corrected chi connectivity index (χ1v) is 11.0. The summed E-state index contributed by atoms with van der Waals surface area (Å²) in [6, 6.07) is 1.88. The highest BCUT2D eigenvalue weighted by atomic mass is 19.1. The number of aromatic nitrogens is 4. The van der Waals surface area contributed by atoms with Gasteiger partial charge in [-0.15, -0.1) is 5.10 Å². The fourth-order valence-electron chi connectivity index (χ4n) is 5.00. The Labute approximate surface area is 176 Å². The van der Waals surface area contributed by atoms with Crippen LogP contribution < -0.4 is 4.90 Å². The minimum Gasteiger partial charge on any atom is -0.378 e. The average Bonchev–Trinajstić information content (AvgIpc) is 3.30. The standard InChI is InChI=1S/C22H30FN5O2/c1-14-5-6-24-22(21(14)23)27-9-16-7-19(28-11-18(13-29-2)25-26-28)20(8-17(16)10-27)30-12-15-3-4-15/h5-6,11,15-17,19-20H,3-4,7-10,12-13H2,1-2H3/t16-,17+,19-,20-/m1/s1. The number of nitrogens with zero attached hydrogens (tertiary/aromatic N) is 5. The minimum absolute atomic E-state index is 0.110. The smallest absolute Gasteiger partial charge is 0.168 e. The summed E-state index contributed by atoms with van der Waals surface area (Å²) in [6.45, 7) is 4.74. The quantitative estimate of drug-likeness (QED) is 0.692.